The van der Waals surface area contributed by atoms with E-state index in [1.165, 1.54) is 24.2 Å². The first-order chi connectivity index (χ1) is 13.6. The highest BCUT2D eigenvalue weighted by molar-refractivity contribution is 8.00. The van der Waals surface area contributed by atoms with Crippen LogP contribution in [0.3, 0.4) is 0 Å². The summed E-state index contributed by atoms with van der Waals surface area (Å²) in [6, 6.07) is 10.4. The second-order valence-corrected chi connectivity index (χ2v) is 15.7. The summed E-state index contributed by atoms with van der Waals surface area (Å²) in [5.41, 5.74) is -0.792. The second-order valence-electron chi connectivity index (χ2n) is 9.80. The van der Waals surface area contributed by atoms with Crippen LogP contribution in [0.15, 0.2) is 59.2 Å². The summed E-state index contributed by atoms with van der Waals surface area (Å²) in [5.74, 6) is 0.979. The third kappa shape index (κ3) is 7.04. The van der Waals surface area contributed by atoms with E-state index in [0.717, 1.165) is 12.2 Å². The minimum Gasteiger partial charge on any atom is -0.547 e. The Balaban J connectivity index is 2.13. The molecular weight excluding hydrogens is 392 g/mol. The Bertz CT molecular complexity index is 691. The molecule has 0 bridgehead atoms. The van der Waals surface area contributed by atoms with Crippen molar-refractivity contribution in [3.8, 4) is 0 Å². The molecule has 0 fully saturated rings. The van der Waals surface area contributed by atoms with Crippen LogP contribution in [0.1, 0.15) is 66.2 Å². The summed E-state index contributed by atoms with van der Waals surface area (Å²) in [6.45, 7) is 13.6. The van der Waals surface area contributed by atoms with E-state index in [1.807, 2.05) is 6.07 Å². The molecule has 0 spiro atoms. The van der Waals surface area contributed by atoms with Gasteiger partial charge in [-0.3, -0.25) is 0 Å². The van der Waals surface area contributed by atoms with E-state index in [2.05, 4.69) is 83.3 Å². The van der Waals surface area contributed by atoms with Crippen molar-refractivity contribution in [2.24, 2.45) is 0 Å². The van der Waals surface area contributed by atoms with Gasteiger partial charge in [-0.15, -0.1) is 11.8 Å². The number of hydrogen-bond acceptors (Lipinski definition) is 3. The van der Waals surface area contributed by atoms with Gasteiger partial charge in [0.05, 0.1) is 16.6 Å². The van der Waals surface area contributed by atoms with Gasteiger partial charge in [0.15, 0.2) is 0 Å². The predicted octanol–water partition coefficient (Wildman–Crippen LogP) is 7.71. The van der Waals surface area contributed by atoms with Crippen LogP contribution in [-0.2, 0) is 4.43 Å². The molecule has 29 heavy (non-hydrogen) atoms. The smallest absolute Gasteiger partial charge is 0.250 e. The van der Waals surface area contributed by atoms with E-state index in [0.29, 0.717) is 12.8 Å². The fraction of sp³-hybridized carbons (Fsp3) is 0.600. The molecule has 0 radical (unpaired) electrons. The lowest BCUT2D eigenvalue weighted by atomic mass is 9.96. The van der Waals surface area contributed by atoms with Gasteiger partial charge in [-0.05, 0) is 55.6 Å². The summed E-state index contributed by atoms with van der Waals surface area (Å²) >= 11 is 1.74. The molecule has 2 rings (SSSR count). The molecule has 162 valence electrons. The third-order valence-electron chi connectivity index (χ3n) is 6.16. The molecule has 1 aliphatic carbocycles. The zero-order chi connectivity index (χ0) is 21.5. The van der Waals surface area contributed by atoms with Crippen molar-refractivity contribution >= 4 is 20.1 Å². The molecule has 1 aromatic rings. The fourth-order valence-electron chi connectivity index (χ4n) is 3.23. The van der Waals surface area contributed by atoms with Crippen LogP contribution in [0.25, 0.3) is 0 Å². The molecular formula is C25H40O2SSi. The van der Waals surface area contributed by atoms with Crippen molar-refractivity contribution in [2.45, 2.75) is 100 Å². The van der Waals surface area contributed by atoms with Gasteiger partial charge >= 0.3 is 0 Å². The first-order valence-electron chi connectivity index (χ1n) is 11.1. The maximum Gasteiger partial charge on any atom is 0.250 e. The Morgan fingerprint density at radius 1 is 1.17 bits per heavy atom. The van der Waals surface area contributed by atoms with Crippen LogP contribution < -0.4 is 0 Å². The van der Waals surface area contributed by atoms with Gasteiger partial charge in [0.1, 0.15) is 0 Å². The topological polar surface area (TPSA) is 29.5 Å². The average molecular weight is 433 g/mol. The number of thioether (sulfide) groups is 1. The minimum absolute atomic E-state index is 0.00459. The van der Waals surface area contributed by atoms with Crippen molar-refractivity contribution in [1.82, 2.24) is 0 Å². The van der Waals surface area contributed by atoms with Crippen molar-refractivity contribution < 1.29 is 9.53 Å². The van der Waals surface area contributed by atoms with Gasteiger partial charge < -0.3 is 9.53 Å². The zero-order valence-corrected chi connectivity index (χ0v) is 21.0. The van der Waals surface area contributed by atoms with Crippen LogP contribution in [-0.4, -0.2) is 24.3 Å². The number of hydrogen-bond donors (Lipinski definition) is 1. The molecule has 1 N–H and O–H groups in total. The van der Waals surface area contributed by atoms with Gasteiger partial charge in [0, 0.05) is 11.3 Å². The lowest BCUT2D eigenvalue weighted by Gasteiger charge is -2.37. The summed E-state index contributed by atoms with van der Waals surface area (Å²) in [7, 11) is -1.91. The molecule has 0 saturated heterocycles. The summed E-state index contributed by atoms with van der Waals surface area (Å²) in [6.07, 6.45) is 12.7. The van der Waals surface area contributed by atoms with E-state index in [1.54, 1.807) is 11.8 Å². The van der Waals surface area contributed by atoms with Gasteiger partial charge in [0.25, 0.3) is 0 Å². The number of rotatable bonds is 10. The molecule has 4 heteroatoms. The van der Waals surface area contributed by atoms with Gasteiger partial charge in [-0.25, -0.2) is 0 Å². The van der Waals surface area contributed by atoms with E-state index < -0.39 is 13.9 Å². The van der Waals surface area contributed by atoms with Crippen molar-refractivity contribution in [1.29, 1.82) is 0 Å². The van der Waals surface area contributed by atoms with Crippen LogP contribution in [0.4, 0.5) is 0 Å². The number of aliphatic hydroxyl groups is 1. The maximum absolute atomic E-state index is 11.6. The molecule has 0 aliphatic heterocycles. The van der Waals surface area contributed by atoms with Gasteiger partial charge in [-0.1, -0.05) is 70.9 Å². The number of benzene rings is 1. The van der Waals surface area contributed by atoms with Gasteiger partial charge in [0.2, 0.25) is 8.32 Å². The summed E-state index contributed by atoms with van der Waals surface area (Å²) in [5, 5.41) is 11.7. The van der Waals surface area contributed by atoms with Crippen LogP contribution in [0, 0.1) is 0 Å². The molecule has 0 aromatic heterocycles. The summed E-state index contributed by atoms with van der Waals surface area (Å²) in [4.78, 5) is 1.19. The predicted molar refractivity (Wildman–Crippen MR) is 130 cm³/mol. The lowest BCUT2D eigenvalue weighted by molar-refractivity contribution is 0.0543. The Morgan fingerprint density at radius 2 is 1.86 bits per heavy atom. The second kappa shape index (κ2) is 10.4. The molecule has 2 atom stereocenters. The van der Waals surface area contributed by atoms with Crippen LogP contribution >= 0.6 is 11.8 Å². The molecule has 0 saturated carbocycles. The molecule has 0 amide bonds. The molecule has 2 nitrogen and oxygen atoms in total. The Hall–Kier alpha value is -0.973. The SMILES string of the molecule is CCCCC/C=C/C[C@]1(O)CC(O[Si](C)(C)C(C)(C)C)=C[C@@H]1Sc1ccccc1. The van der Waals surface area contributed by atoms with E-state index in [4.69, 9.17) is 4.43 Å². The van der Waals surface area contributed by atoms with Gasteiger partial charge in [-0.2, -0.15) is 0 Å². The standard InChI is InChI=1S/C25H40O2SSi/c1-7-8-9-10-11-15-18-25(26)20-21(27-29(5,6)24(2,3)4)19-23(25)28-22-16-13-12-14-17-22/h11-17,19,23,26H,7-10,18,20H2,1-6H3/b15-11+/t23-,25-/m0/s1. The largest absolute Gasteiger partial charge is 0.547 e. The van der Waals surface area contributed by atoms with Crippen molar-refractivity contribution in [2.75, 3.05) is 0 Å². The molecule has 1 aliphatic rings. The van der Waals surface area contributed by atoms with Crippen LogP contribution in [0.5, 0.6) is 0 Å². The highest BCUT2D eigenvalue weighted by Gasteiger charge is 2.45. The normalized spacial score (nSPS) is 22.9. The summed E-state index contributed by atoms with van der Waals surface area (Å²) < 4.78 is 6.59. The maximum atomic E-state index is 11.6. The average Bonchev–Trinajstić information content (AvgIpc) is 2.92. The Kier molecular flexibility index (Phi) is 8.68. The third-order valence-corrected chi connectivity index (χ3v) is 11.9. The van der Waals surface area contributed by atoms with E-state index in [9.17, 15) is 5.11 Å². The van der Waals surface area contributed by atoms with Crippen LogP contribution in [0.2, 0.25) is 18.1 Å². The van der Waals surface area contributed by atoms with Crippen molar-refractivity contribution in [3.05, 3.63) is 54.3 Å². The molecule has 0 heterocycles. The van der Waals surface area contributed by atoms with E-state index >= 15 is 0 Å². The fourth-order valence-corrected chi connectivity index (χ4v) is 5.56. The minimum atomic E-state index is -1.91. The Labute approximate surface area is 184 Å². The first kappa shape index (κ1) is 24.3. The highest BCUT2D eigenvalue weighted by atomic mass is 32.2. The molecule has 1 aromatic carbocycles. The zero-order valence-electron chi connectivity index (χ0n) is 19.2. The molecule has 0 unspecified atom stereocenters. The quantitative estimate of drug-likeness (QED) is 0.233. The highest BCUT2D eigenvalue weighted by Crippen LogP contribution is 2.46. The first-order valence-corrected chi connectivity index (χ1v) is 14.8. The van der Waals surface area contributed by atoms with E-state index in [-0.39, 0.29) is 10.3 Å². The van der Waals surface area contributed by atoms with Crippen molar-refractivity contribution in [3.63, 3.8) is 0 Å². The Morgan fingerprint density at radius 3 is 2.48 bits per heavy atom. The number of unbranched alkanes of at least 4 members (excludes halogenated alkanes) is 3. The lowest BCUT2D eigenvalue weighted by Crippen LogP contribution is -2.41. The monoisotopic (exact) mass is 432 g/mol. The number of allylic oxidation sites excluding steroid dienone is 1.